The molecule has 0 bridgehead atoms. The van der Waals surface area contributed by atoms with Gasteiger partial charge >= 0.3 is 0 Å². The third-order valence-electron chi connectivity index (χ3n) is 6.13. The minimum absolute atomic E-state index is 0.000654. The van der Waals surface area contributed by atoms with Crippen LogP contribution in [-0.2, 0) is 17.8 Å². The van der Waals surface area contributed by atoms with E-state index in [1.54, 1.807) is 12.3 Å². The summed E-state index contributed by atoms with van der Waals surface area (Å²) in [5, 5.41) is 11.0. The summed E-state index contributed by atoms with van der Waals surface area (Å²) in [6, 6.07) is 9.52. The number of benzene rings is 1. The van der Waals surface area contributed by atoms with Crippen molar-refractivity contribution in [2.75, 3.05) is 39.3 Å². The molecule has 1 aliphatic rings. The number of rotatable bonds is 14. The summed E-state index contributed by atoms with van der Waals surface area (Å²) in [4.78, 5) is 18.8. The number of carbonyl (C=O) groups is 1. The molecule has 3 rings (SSSR count). The van der Waals surface area contributed by atoms with Gasteiger partial charge in [0.15, 0.2) is 5.11 Å². The third-order valence-corrected chi connectivity index (χ3v) is 7.00. The highest BCUT2D eigenvalue weighted by Crippen LogP contribution is 2.21. The molecular weight excluding hydrogens is 541 g/mol. The zero-order chi connectivity index (χ0) is 27.0. The molecule has 1 amide bonds. The molecule has 1 aromatic heterocycles. The number of pyridine rings is 1. The van der Waals surface area contributed by atoms with Gasteiger partial charge in [0, 0.05) is 54.9 Å². The van der Waals surface area contributed by atoms with Gasteiger partial charge in [-0.3, -0.25) is 9.69 Å². The van der Waals surface area contributed by atoms with Crippen molar-refractivity contribution < 1.29 is 9.53 Å². The van der Waals surface area contributed by atoms with Gasteiger partial charge < -0.3 is 20.7 Å². The summed E-state index contributed by atoms with van der Waals surface area (Å²) in [6.45, 7) is 5.42. The highest BCUT2D eigenvalue weighted by atomic mass is 35.5. The first-order valence-electron chi connectivity index (χ1n) is 13.2. The van der Waals surface area contributed by atoms with Crippen LogP contribution in [0, 0.1) is 0 Å². The van der Waals surface area contributed by atoms with Gasteiger partial charge in [-0.05, 0) is 86.4 Å². The second-order valence-electron chi connectivity index (χ2n) is 9.20. The monoisotopic (exact) mass is 577 g/mol. The molecule has 0 radical (unpaired) electrons. The number of hydrogen-bond donors (Lipinski definition) is 3. The lowest BCUT2D eigenvalue weighted by Crippen LogP contribution is -2.37. The molecule has 3 N–H and O–H groups in total. The van der Waals surface area contributed by atoms with Crippen LogP contribution in [0.25, 0.3) is 0 Å². The van der Waals surface area contributed by atoms with Crippen molar-refractivity contribution in [3.63, 3.8) is 0 Å². The quantitative estimate of drug-likeness (QED) is 0.167. The average Bonchev–Trinajstić information content (AvgIpc) is 2.91. The van der Waals surface area contributed by atoms with Crippen molar-refractivity contribution in [3.8, 4) is 5.88 Å². The Kier molecular flexibility index (Phi) is 13.7. The first-order chi connectivity index (χ1) is 18.5. The summed E-state index contributed by atoms with van der Waals surface area (Å²) in [5.41, 5.74) is 2.24. The lowest BCUT2D eigenvalue weighted by atomic mass is 10.1. The number of aromatic nitrogens is 1. The molecule has 10 heteroatoms. The van der Waals surface area contributed by atoms with E-state index in [9.17, 15) is 4.79 Å². The third kappa shape index (κ3) is 12.0. The van der Waals surface area contributed by atoms with Gasteiger partial charge in [-0.2, -0.15) is 0 Å². The fraction of sp³-hybridized carbons (Fsp3) is 0.464. The summed E-state index contributed by atoms with van der Waals surface area (Å²) >= 11 is 17.4. The van der Waals surface area contributed by atoms with Gasteiger partial charge in [0.25, 0.3) is 0 Å². The molecular formula is C28H37Cl2N5O2S. The molecule has 0 atom stereocenters. The zero-order valence-electron chi connectivity index (χ0n) is 21.7. The zero-order valence-corrected chi connectivity index (χ0v) is 24.0. The number of thiocarbonyl (C=S) groups is 1. The predicted octanol–water partition coefficient (Wildman–Crippen LogP) is 4.91. The molecule has 1 fully saturated rings. The minimum atomic E-state index is 0.000654. The Morgan fingerprint density at radius 2 is 1.87 bits per heavy atom. The van der Waals surface area contributed by atoms with E-state index < -0.39 is 0 Å². The van der Waals surface area contributed by atoms with Crippen LogP contribution in [0.15, 0.2) is 48.7 Å². The van der Waals surface area contributed by atoms with Crippen molar-refractivity contribution >= 4 is 46.4 Å². The summed E-state index contributed by atoms with van der Waals surface area (Å²) in [5.74, 6) is 0.627. The van der Waals surface area contributed by atoms with E-state index in [1.807, 2.05) is 36.4 Å². The molecule has 1 aliphatic heterocycles. The van der Waals surface area contributed by atoms with Crippen LogP contribution in [0.1, 0.15) is 43.2 Å². The van der Waals surface area contributed by atoms with E-state index >= 15 is 0 Å². The molecule has 0 spiro atoms. The number of hydrogen-bond acceptors (Lipinski definition) is 5. The standard InChI is InChI=1S/C28H37Cl2N5O2S/c29-24-9-8-23(25(30)20-24)11-15-34-28(38)33-13-6-7-26(36)31-12-2-5-18-37-27-19-22(10-14-32-27)21-35-16-3-1-4-17-35/h2,5,8-10,14,19-20H,1,3-4,6-7,11-13,15-18,21H2,(H,31,36)(H2,33,34,38)/b5-2-. The Balaban J connectivity index is 1.19. The van der Waals surface area contributed by atoms with E-state index in [-0.39, 0.29) is 5.91 Å². The summed E-state index contributed by atoms with van der Waals surface area (Å²) in [6.07, 6.45) is 11.3. The SMILES string of the molecule is O=C(CCCNC(=S)NCCc1ccc(Cl)cc1Cl)NC/C=C\COc1cc(CN2CCCCC2)ccn1. The highest BCUT2D eigenvalue weighted by Gasteiger charge is 2.11. The van der Waals surface area contributed by atoms with Crippen molar-refractivity contribution in [3.05, 3.63) is 69.9 Å². The molecule has 38 heavy (non-hydrogen) atoms. The lowest BCUT2D eigenvalue weighted by Gasteiger charge is -2.26. The summed E-state index contributed by atoms with van der Waals surface area (Å²) in [7, 11) is 0. The van der Waals surface area contributed by atoms with Crippen molar-refractivity contribution in [1.29, 1.82) is 0 Å². The number of nitrogens with one attached hydrogen (secondary N) is 3. The van der Waals surface area contributed by atoms with Crippen LogP contribution in [0.2, 0.25) is 10.0 Å². The maximum absolute atomic E-state index is 12.0. The van der Waals surface area contributed by atoms with Crippen LogP contribution in [0.5, 0.6) is 5.88 Å². The molecule has 2 heterocycles. The second-order valence-corrected chi connectivity index (χ2v) is 10.4. The number of carbonyl (C=O) groups excluding carboxylic acids is 1. The molecule has 0 aliphatic carbocycles. The van der Waals surface area contributed by atoms with E-state index in [4.69, 9.17) is 40.2 Å². The Morgan fingerprint density at radius 1 is 1.05 bits per heavy atom. The molecule has 1 aromatic carbocycles. The van der Waals surface area contributed by atoms with Gasteiger partial charge in [-0.1, -0.05) is 41.8 Å². The summed E-state index contributed by atoms with van der Waals surface area (Å²) < 4.78 is 5.74. The van der Waals surface area contributed by atoms with Gasteiger partial charge in [0.2, 0.25) is 11.8 Å². The lowest BCUT2D eigenvalue weighted by molar-refractivity contribution is -0.120. The van der Waals surface area contributed by atoms with E-state index in [0.717, 1.165) is 31.6 Å². The van der Waals surface area contributed by atoms with Crippen molar-refractivity contribution in [1.82, 2.24) is 25.8 Å². The van der Waals surface area contributed by atoms with Crippen LogP contribution < -0.4 is 20.7 Å². The van der Waals surface area contributed by atoms with E-state index in [0.29, 0.717) is 60.1 Å². The van der Waals surface area contributed by atoms with Crippen LogP contribution in [0.4, 0.5) is 0 Å². The average molecular weight is 579 g/mol. The van der Waals surface area contributed by atoms with Crippen LogP contribution in [0.3, 0.4) is 0 Å². The van der Waals surface area contributed by atoms with Crippen LogP contribution >= 0.6 is 35.4 Å². The number of nitrogens with zero attached hydrogens (tertiary/aromatic N) is 2. The minimum Gasteiger partial charge on any atom is -0.473 e. The highest BCUT2D eigenvalue weighted by molar-refractivity contribution is 7.80. The van der Waals surface area contributed by atoms with Crippen molar-refractivity contribution in [2.45, 2.75) is 45.1 Å². The normalized spacial score (nSPS) is 13.8. The van der Waals surface area contributed by atoms with E-state index in [2.05, 4.69) is 25.8 Å². The fourth-order valence-corrected chi connectivity index (χ4v) is 4.81. The Hall–Kier alpha value is -2.39. The van der Waals surface area contributed by atoms with Crippen LogP contribution in [-0.4, -0.2) is 60.2 Å². The predicted molar refractivity (Wildman–Crippen MR) is 159 cm³/mol. The van der Waals surface area contributed by atoms with Gasteiger partial charge in [-0.25, -0.2) is 4.98 Å². The molecule has 206 valence electrons. The molecule has 1 saturated heterocycles. The van der Waals surface area contributed by atoms with E-state index in [1.165, 1.54) is 24.8 Å². The van der Waals surface area contributed by atoms with Gasteiger partial charge in [0.05, 0.1) is 0 Å². The largest absolute Gasteiger partial charge is 0.473 e. The first kappa shape index (κ1) is 30.2. The Labute approximate surface area is 241 Å². The first-order valence-corrected chi connectivity index (χ1v) is 14.3. The van der Waals surface area contributed by atoms with Gasteiger partial charge in [0.1, 0.15) is 6.61 Å². The Morgan fingerprint density at radius 3 is 2.68 bits per heavy atom. The topological polar surface area (TPSA) is 78.5 Å². The maximum atomic E-state index is 12.0. The smallest absolute Gasteiger partial charge is 0.220 e. The maximum Gasteiger partial charge on any atom is 0.220 e. The molecule has 0 unspecified atom stereocenters. The van der Waals surface area contributed by atoms with Gasteiger partial charge in [-0.15, -0.1) is 0 Å². The second kappa shape index (κ2) is 17.2. The number of likely N-dealkylation sites (tertiary alicyclic amines) is 1. The number of amides is 1. The Bertz CT molecular complexity index is 1060. The van der Waals surface area contributed by atoms with Crippen molar-refractivity contribution in [2.24, 2.45) is 0 Å². The number of piperidine rings is 1. The fourth-order valence-electron chi connectivity index (χ4n) is 4.10. The number of halogens is 2. The molecule has 7 nitrogen and oxygen atoms in total. The molecule has 0 saturated carbocycles. The molecule has 2 aromatic rings. The number of ether oxygens (including phenoxy) is 1.